The Bertz CT molecular complexity index is 684. The lowest BCUT2D eigenvalue weighted by atomic mass is 10.0. The molecular weight excluding hydrogens is 309 g/mol. The summed E-state index contributed by atoms with van der Waals surface area (Å²) in [6.07, 6.45) is -0.466. The van der Waals surface area contributed by atoms with Crippen molar-refractivity contribution in [2.24, 2.45) is 0 Å². The van der Waals surface area contributed by atoms with Crippen LogP contribution in [0.4, 0.5) is 13.2 Å². The lowest BCUT2D eigenvalue weighted by molar-refractivity contribution is -0.138. The van der Waals surface area contributed by atoms with Gasteiger partial charge in [0.2, 0.25) is 5.91 Å². The molecule has 3 rings (SSSR count). The number of carbonyl (C=O) groups excluding carboxylic acids is 1. The van der Waals surface area contributed by atoms with Crippen molar-refractivity contribution in [1.82, 2.24) is 20.3 Å². The molecule has 1 amide bonds. The summed E-state index contributed by atoms with van der Waals surface area (Å²) in [6, 6.07) is 5.29. The highest BCUT2D eigenvalue weighted by Crippen LogP contribution is 2.46. The van der Waals surface area contributed by atoms with Crippen LogP contribution in [-0.4, -0.2) is 26.9 Å². The Morgan fingerprint density at radius 2 is 2.13 bits per heavy atom. The number of carbonyl (C=O) groups is 1. The molecule has 0 bridgehead atoms. The highest BCUT2D eigenvalue weighted by Gasteiger charge is 2.44. The Hall–Kier alpha value is -2.38. The van der Waals surface area contributed by atoms with Crippen LogP contribution in [0.15, 0.2) is 36.7 Å². The minimum absolute atomic E-state index is 0.197. The molecular formula is C15H15F3N4O. The van der Waals surface area contributed by atoms with Gasteiger partial charge in [0.25, 0.3) is 0 Å². The maximum atomic E-state index is 13.0. The van der Waals surface area contributed by atoms with Crippen LogP contribution >= 0.6 is 0 Å². The monoisotopic (exact) mass is 324 g/mol. The largest absolute Gasteiger partial charge is 0.416 e. The van der Waals surface area contributed by atoms with Crippen molar-refractivity contribution in [3.05, 3.63) is 47.8 Å². The van der Waals surface area contributed by atoms with Gasteiger partial charge in [0.15, 0.2) is 0 Å². The average molecular weight is 324 g/mol. The number of hydrogen-bond acceptors (Lipinski definition) is 3. The van der Waals surface area contributed by atoms with Crippen LogP contribution in [0.2, 0.25) is 0 Å². The molecule has 0 spiro atoms. The molecule has 0 radical (unpaired) electrons. The number of aromatic nitrogens is 3. The van der Waals surface area contributed by atoms with Crippen LogP contribution in [0.25, 0.3) is 0 Å². The average Bonchev–Trinajstić information content (AvgIpc) is 3.06. The first-order chi connectivity index (χ1) is 10.9. The Kier molecular flexibility index (Phi) is 4.06. The minimum atomic E-state index is -4.37. The Balaban J connectivity index is 1.57. The summed E-state index contributed by atoms with van der Waals surface area (Å²) < 4.78 is 40.5. The molecule has 1 aliphatic rings. The number of nitrogens with zero attached hydrogens (tertiary/aromatic N) is 3. The fraction of sp³-hybridized carbons (Fsp3) is 0.400. The SMILES string of the molecule is O=C(CCn1ccnn1)N[C@@H]1C[C@H]1c1ccccc1C(F)(F)F. The highest BCUT2D eigenvalue weighted by molar-refractivity contribution is 5.76. The van der Waals surface area contributed by atoms with E-state index in [4.69, 9.17) is 0 Å². The molecule has 1 aromatic carbocycles. The van der Waals surface area contributed by atoms with Crippen molar-refractivity contribution >= 4 is 5.91 Å². The van der Waals surface area contributed by atoms with E-state index in [1.807, 2.05) is 0 Å². The van der Waals surface area contributed by atoms with Crippen molar-refractivity contribution in [1.29, 1.82) is 0 Å². The van der Waals surface area contributed by atoms with Crippen molar-refractivity contribution in [2.45, 2.75) is 37.5 Å². The smallest absolute Gasteiger partial charge is 0.353 e. The number of halogens is 3. The summed E-state index contributed by atoms with van der Waals surface area (Å²) in [5, 5.41) is 10.2. The van der Waals surface area contributed by atoms with Crippen molar-refractivity contribution < 1.29 is 18.0 Å². The van der Waals surface area contributed by atoms with E-state index in [2.05, 4.69) is 15.6 Å². The first-order valence-electron chi connectivity index (χ1n) is 7.25. The number of nitrogens with one attached hydrogen (secondary N) is 1. The summed E-state index contributed by atoms with van der Waals surface area (Å²) in [7, 11) is 0. The number of rotatable bonds is 5. The summed E-state index contributed by atoms with van der Waals surface area (Å²) in [6.45, 7) is 0.391. The molecule has 8 heteroatoms. The number of amides is 1. The molecule has 5 nitrogen and oxygen atoms in total. The van der Waals surface area contributed by atoms with E-state index >= 15 is 0 Å². The van der Waals surface area contributed by atoms with Crippen LogP contribution in [0.1, 0.15) is 29.9 Å². The molecule has 0 saturated heterocycles. The molecule has 2 atom stereocenters. The van der Waals surface area contributed by atoms with Gasteiger partial charge < -0.3 is 5.32 Å². The number of benzene rings is 1. The third-order valence-corrected chi connectivity index (χ3v) is 3.84. The number of aryl methyl sites for hydroxylation is 1. The standard InChI is InChI=1S/C15H15F3N4O/c16-15(17,18)12-4-2-1-3-10(12)11-9-13(11)20-14(23)5-7-22-8-6-19-21-22/h1-4,6,8,11,13H,5,7,9H2,(H,20,23)/t11-,13+/m0/s1. The van der Waals surface area contributed by atoms with E-state index < -0.39 is 11.7 Å². The first-order valence-corrected chi connectivity index (χ1v) is 7.25. The predicted molar refractivity (Wildman–Crippen MR) is 75.4 cm³/mol. The maximum Gasteiger partial charge on any atom is 0.416 e. The lowest BCUT2D eigenvalue weighted by Gasteiger charge is -2.12. The molecule has 23 heavy (non-hydrogen) atoms. The zero-order valence-corrected chi connectivity index (χ0v) is 12.1. The second-order valence-electron chi connectivity index (χ2n) is 5.52. The molecule has 0 aliphatic heterocycles. The van der Waals surface area contributed by atoms with Crippen LogP contribution in [0.3, 0.4) is 0 Å². The van der Waals surface area contributed by atoms with Gasteiger partial charge in [-0.2, -0.15) is 13.2 Å². The van der Waals surface area contributed by atoms with Crippen molar-refractivity contribution in [3.63, 3.8) is 0 Å². The van der Waals surface area contributed by atoms with Crippen molar-refractivity contribution in [3.8, 4) is 0 Å². The van der Waals surface area contributed by atoms with Gasteiger partial charge in [0, 0.05) is 24.6 Å². The zero-order chi connectivity index (χ0) is 16.4. The van der Waals surface area contributed by atoms with E-state index in [1.165, 1.54) is 23.0 Å². The predicted octanol–water partition coefficient (Wildman–Crippen LogP) is 2.36. The maximum absolute atomic E-state index is 13.0. The summed E-state index contributed by atoms with van der Waals surface area (Å²) in [5.41, 5.74) is -0.369. The summed E-state index contributed by atoms with van der Waals surface area (Å²) in [4.78, 5) is 11.9. The van der Waals surface area contributed by atoms with Gasteiger partial charge in [-0.05, 0) is 18.1 Å². The molecule has 122 valence electrons. The Morgan fingerprint density at radius 1 is 1.35 bits per heavy atom. The molecule has 1 heterocycles. The lowest BCUT2D eigenvalue weighted by Crippen LogP contribution is -2.27. The zero-order valence-electron chi connectivity index (χ0n) is 12.1. The quantitative estimate of drug-likeness (QED) is 0.918. The third-order valence-electron chi connectivity index (χ3n) is 3.84. The van der Waals surface area contributed by atoms with E-state index in [0.717, 1.165) is 6.07 Å². The summed E-state index contributed by atoms with van der Waals surface area (Å²) in [5.74, 6) is -0.472. The minimum Gasteiger partial charge on any atom is -0.353 e. The molecule has 1 aliphatic carbocycles. The Labute approximate surface area is 130 Å². The Morgan fingerprint density at radius 3 is 2.83 bits per heavy atom. The molecule has 1 aromatic heterocycles. The highest BCUT2D eigenvalue weighted by atomic mass is 19.4. The van der Waals surface area contributed by atoms with Crippen LogP contribution < -0.4 is 5.32 Å². The molecule has 1 fully saturated rings. The van der Waals surface area contributed by atoms with Gasteiger partial charge >= 0.3 is 6.18 Å². The van der Waals surface area contributed by atoms with Crippen LogP contribution in [-0.2, 0) is 17.5 Å². The van der Waals surface area contributed by atoms with Gasteiger partial charge in [0.1, 0.15) is 0 Å². The fourth-order valence-corrected chi connectivity index (χ4v) is 2.62. The number of alkyl halides is 3. The molecule has 2 aromatic rings. The summed E-state index contributed by atoms with van der Waals surface area (Å²) >= 11 is 0. The second-order valence-corrected chi connectivity index (χ2v) is 5.52. The molecule has 1 N–H and O–H groups in total. The van der Waals surface area contributed by atoms with E-state index in [9.17, 15) is 18.0 Å². The van der Waals surface area contributed by atoms with Gasteiger partial charge in [-0.3, -0.25) is 9.48 Å². The molecule has 1 saturated carbocycles. The van der Waals surface area contributed by atoms with Crippen LogP contribution in [0, 0.1) is 0 Å². The van der Waals surface area contributed by atoms with Crippen molar-refractivity contribution in [2.75, 3.05) is 0 Å². The van der Waals surface area contributed by atoms with E-state index in [-0.39, 0.29) is 29.9 Å². The van der Waals surface area contributed by atoms with E-state index in [0.29, 0.717) is 13.0 Å². The fourth-order valence-electron chi connectivity index (χ4n) is 2.62. The van der Waals surface area contributed by atoms with Gasteiger partial charge in [-0.25, -0.2) is 0 Å². The first kappa shape index (κ1) is 15.5. The normalized spacial score (nSPS) is 20.3. The molecule has 0 unspecified atom stereocenters. The van der Waals surface area contributed by atoms with Gasteiger partial charge in [-0.1, -0.05) is 23.4 Å². The number of hydrogen-bond donors (Lipinski definition) is 1. The van der Waals surface area contributed by atoms with Crippen LogP contribution in [0.5, 0.6) is 0 Å². The van der Waals surface area contributed by atoms with E-state index in [1.54, 1.807) is 12.3 Å². The third kappa shape index (κ3) is 3.69. The van der Waals surface area contributed by atoms with Gasteiger partial charge in [-0.15, -0.1) is 5.10 Å². The second kappa shape index (κ2) is 6.02. The van der Waals surface area contributed by atoms with Gasteiger partial charge in [0.05, 0.1) is 18.3 Å². The topological polar surface area (TPSA) is 59.8 Å².